The summed E-state index contributed by atoms with van der Waals surface area (Å²) in [6.45, 7) is 19.7. The fourth-order valence-electron chi connectivity index (χ4n) is 7.05. The maximum Gasteiger partial charge on any atom is 0.410 e. The molecular formula is C42H68N4O8. The first-order chi connectivity index (χ1) is 25.3. The van der Waals surface area contributed by atoms with Gasteiger partial charge in [0.2, 0.25) is 11.8 Å². The molecule has 3 rings (SSSR count). The Bertz CT molecular complexity index is 1320. The van der Waals surface area contributed by atoms with Crippen LogP contribution in [0.4, 0.5) is 9.59 Å². The van der Waals surface area contributed by atoms with Gasteiger partial charge in [0.25, 0.3) is 0 Å². The van der Waals surface area contributed by atoms with Crippen LogP contribution in [0.5, 0.6) is 0 Å². The summed E-state index contributed by atoms with van der Waals surface area (Å²) < 4.78 is 16.3. The van der Waals surface area contributed by atoms with Gasteiger partial charge in [0.15, 0.2) is 0 Å². The van der Waals surface area contributed by atoms with Crippen molar-refractivity contribution < 1.29 is 38.2 Å². The highest BCUT2D eigenvalue weighted by Crippen LogP contribution is 2.30. The number of hydrogen-bond donors (Lipinski definition) is 2. The molecule has 0 bridgehead atoms. The van der Waals surface area contributed by atoms with Gasteiger partial charge in [-0.05, 0) is 129 Å². The highest BCUT2D eigenvalue weighted by Gasteiger charge is 2.31. The predicted molar refractivity (Wildman–Crippen MR) is 209 cm³/mol. The van der Waals surface area contributed by atoms with Crippen molar-refractivity contribution in [1.29, 1.82) is 0 Å². The monoisotopic (exact) mass is 757 g/mol. The molecular weight excluding hydrogens is 688 g/mol. The number of ether oxygens (including phenoxy) is 3. The van der Waals surface area contributed by atoms with Crippen molar-refractivity contribution in [3.63, 3.8) is 0 Å². The predicted octanol–water partition coefficient (Wildman–Crippen LogP) is 7.51. The number of esters is 1. The van der Waals surface area contributed by atoms with Crippen LogP contribution in [0.1, 0.15) is 143 Å². The normalized spacial score (nSPS) is 16.6. The summed E-state index contributed by atoms with van der Waals surface area (Å²) in [6, 6.07) is 7.25. The summed E-state index contributed by atoms with van der Waals surface area (Å²) in [5.74, 6) is -0.136. The second kappa shape index (κ2) is 20.7. The third-order valence-corrected chi connectivity index (χ3v) is 10.2. The number of piperidine rings is 2. The minimum absolute atomic E-state index is 0.0172. The molecule has 2 saturated heterocycles. The van der Waals surface area contributed by atoms with Gasteiger partial charge in [0.1, 0.15) is 11.2 Å². The first-order valence-electron chi connectivity index (χ1n) is 20.1. The Hall–Kier alpha value is -3.83. The Kier molecular flexibility index (Phi) is 17.1. The molecule has 4 amide bonds. The number of amides is 4. The van der Waals surface area contributed by atoms with Crippen LogP contribution in [0.15, 0.2) is 24.3 Å². The van der Waals surface area contributed by atoms with Crippen LogP contribution in [-0.4, -0.2) is 90.3 Å². The highest BCUT2D eigenvalue weighted by atomic mass is 16.6. The lowest BCUT2D eigenvalue weighted by Gasteiger charge is -2.34. The van der Waals surface area contributed by atoms with Crippen molar-refractivity contribution in [2.45, 2.75) is 143 Å². The maximum atomic E-state index is 13.8. The second-order valence-corrected chi connectivity index (χ2v) is 17.3. The number of nitrogens with zero attached hydrogens (tertiary/aromatic N) is 2. The Balaban J connectivity index is 1.61. The lowest BCUT2D eigenvalue weighted by molar-refractivity contribution is -0.144. The first kappa shape index (κ1) is 44.6. The zero-order chi connectivity index (χ0) is 40.1. The molecule has 1 aromatic carbocycles. The average Bonchev–Trinajstić information content (AvgIpc) is 3.09. The molecule has 2 N–H and O–H groups in total. The number of carbonyl (C=O) groups excluding carboxylic acids is 5. The summed E-state index contributed by atoms with van der Waals surface area (Å²) in [5.41, 5.74) is 0.859. The molecule has 0 saturated carbocycles. The molecule has 1 unspecified atom stereocenters. The number of nitrogens with one attached hydrogen (secondary N) is 2. The summed E-state index contributed by atoms with van der Waals surface area (Å²) in [5, 5.41) is 5.85. The first-order valence-corrected chi connectivity index (χ1v) is 20.1. The largest absolute Gasteiger partial charge is 0.466 e. The lowest BCUT2D eigenvalue weighted by atomic mass is 9.84. The van der Waals surface area contributed by atoms with E-state index in [4.69, 9.17) is 14.2 Å². The topological polar surface area (TPSA) is 144 Å². The number of likely N-dealkylation sites (tertiary alicyclic amines) is 2. The second-order valence-electron chi connectivity index (χ2n) is 17.3. The third kappa shape index (κ3) is 15.9. The maximum absolute atomic E-state index is 13.8. The van der Waals surface area contributed by atoms with Crippen LogP contribution in [-0.2, 0) is 28.6 Å². The van der Waals surface area contributed by atoms with Crippen LogP contribution in [0.2, 0.25) is 0 Å². The Labute approximate surface area is 323 Å². The fraction of sp³-hybridized carbons (Fsp3) is 0.738. The van der Waals surface area contributed by atoms with E-state index < -0.39 is 23.2 Å². The SMILES string of the molecule is CCOC(=O)CC(NC(=O)CNC(=O)C(CCC1CCN(C(=O)OC(C)(C)C)CC1)CCC1CCN(C(=O)OC(C)(C)C)CC1)c1ccc(C(C)C)cc1. The van der Waals surface area contributed by atoms with E-state index in [-0.39, 0.29) is 49.5 Å². The van der Waals surface area contributed by atoms with Crippen molar-refractivity contribution in [3.8, 4) is 0 Å². The van der Waals surface area contributed by atoms with Crippen LogP contribution >= 0.6 is 0 Å². The van der Waals surface area contributed by atoms with E-state index in [2.05, 4.69) is 24.5 Å². The van der Waals surface area contributed by atoms with Crippen LogP contribution in [0.25, 0.3) is 0 Å². The number of rotatable bonds is 15. The minimum atomic E-state index is -0.594. The summed E-state index contributed by atoms with van der Waals surface area (Å²) >= 11 is 0. The fourth-order valence-corrected chi connectivity index (χ4v) is 7.05. The van der Waals surface area contributed by atoms with Gasteiger partial charge in [-0.15, -0.1) is 0 Å². The van der Waals surface area contributed by atoms with E-state index in [1.54, 1.807) is 16.7 Å². The molecule has 304 valence electrons. The van der Waals surface area contributed by atoms with Crippen molar-refractivity contribution in [2.24, 2.45) is 17.8 Å². The molecule has 1 aromatic rings. The van der Waals surface area contributed by atoms with Crippen molar-refractivity contribution in [3.05, 3.63) is 35.4 Å². The van der Waals surface area contributed by atoms with E-state index in [9.17, 15) is 24.0 Å². The van der Waals surface area contributed by atoms with E-state index in [1.807, 2.05) is 65.8 Å². The zero-order valence-corrected chi connectivity index (χ0v) is 34.5. The molecule has 2 aliphatic rings. The van der Waals surface area contributed by atoms with E-state index in [1.165, 1.54) is 0 Å². The summed E-state index contributed by atoms with van der Waals surface area (Å²) in [6.07, 6.45) is 5.84. The van der Waals surface area contributed by atoms with Gasteiger partial charge in [0.05, 0.1) is 25.6 Å². The molecule has 0 spiro atoms. The molecule has 12 heteroatoms. The number of hydrogen-bond acceptors (Lipinski definition) is 8. The average molecular weight is 757 g/mol. The quantitative estimate of drug-likeness (QED) is 0.138. The smallest absolute Gasteiger partial charge is 0.410 e. The molecule has 12 nitrogen and oxygen atoms in total. The van der Waals surface area contributed by atoms with E-state index >= 15 is 0 Å². The van der Waals surface area contributed by atoms with Crippen molar-refractivity contribution in [2.75, 3.05) is 39.3 Å². The molecule has 0 aliphatic carbocycles. The Morgan fingerprint density at radius 1 is 0.741 bits per heavy atom. The molecule has 1 atom stereocenters. The van der Waals surface area contributed by atoms with E-state index in [0.29, 0.717) is 56.8 Å². The Morgan fingerprint density at radius 2 is 1.19 bits per heavy atom. The zero-order valence-electron chi connectivity index (χ0n) is 34.5. The third-order valence-electron chi connectivity index (χ3n) is 10.2. The molecule has 2 heterocycles. The van der Waals surface area contributed by atoms with Crippen molar-refractivity contribution in [1.82, 2.24) is 20.4 Å². The molecule has 0 radical (unpaired) electrons. The molecule has 54 heavy (non-hydrogen) atoms. The Morgan fingerprint density at radius 3 is 1.59 bits per heavy atom. The summed E-state index contributed by atoms with van der Waals surface area (Å²) in [4.78, 5) is 68.2. The van der Waals surface area contributed by atoms with Crippen LogP contribution in [0, 0.1) is 17.8 Å². The van der Waals surface area contributed by atoms with Crippen LogP contribution in [0.3, 0.4) is 0 Å². The van der Waals surface area contributed by atoms with Gasteiger partial charge in [0, 0.05) is 32.1 Å². The number of carbonyl (C=O) groups is 5. The standard InChI is InChI=1S/C42H68N4O8/c1-10-52-37(48)27-35(33-17-15-32(16-18-33)29(2)3)44-36(47)28-43-38(49)34(13-11-30-19-23-45(24-20-30)39(50)53-41(4,5)6)14-12-31-21-25-46(26-22-31)40(51)54-42(7,8)9/h15-18,29-31,34-35H,10-14,19-28H2,1-9H3,(H,43,49)(H,44,47). The van der Waals surface area contributed by atoms with Gasteiger partial charge >= 0.3 is 18.2 Å². The highest BCUT2D eigenvalue weighted by molar-refractivity contribution is 5.86. The number of benzene rings is 1. The van der Waals surface area contributed by atoms with Gasteiger partial charge in [-0.1, -0.05) is 38.1 Å². The van der Waals surface area contributed by atoms with Crippen molar-refractivity contribution >= 4 is 30.0 Å². The van der Waals surface area contributed by atoms with Gasteiger partial charge in [-0.2, -0.15) is 0 Å². The van der Waals surface area contributed by atoms with E-state index in [0.717, 1.165) is 49.7 Å². The molecule has 2 aliphatic heterocycles. The molecule has 2 fully saturated rings. The summed E-state index contributed by atoms with van der Waals surface area (Å²) in [7, 11) is 0. The minimum Gasteiger partial charge on any atom is -0.466 e. The van der Waals surface area contributed by atoms with Gasteiger partial charge < -0.3 is 34.6 Å². The van der Waals surface area contributed by atoms with Crippen LogP contribution < -0.4 is 10.6 Å². The van der Waals surface area contributed by atoms with Gasteiger partial charge in [-0.25, -0.2) is 9.59 Å². The van der Waals surface area contributed by atoms with Gasteiger partial charge in [-0.3, -0.25) is 14.4 Å². The molecule has 0 aromatic heterocycles. The lowest BCUT2D eigenvalue weighted by Crippen LogP contribution is -2.43.